The van der Waals surface area contributed by atoms with Gasteiger partial charge in [0.25, 0.3) is 0 Å². The first kappa shape index (κ1) is 28.2. The van der Waals surface area contributed by atoms with Crippen molar-refractivity contribution >= 4 is 41.7 Å². The Morgan fingerprint density at radius 1 is 1.28 bits per heavy atom. The van der Waals surface area contributed by atoms with Gasteiger partial charge in [0, 0.05) is 39.6 Å². The van der Waals surface area contributed by atoms with E-state index < -0.39 is 0 Å². The molecule has 0 aliphatic carbocycles. The Bertz CT molecular complexity index is 588. The molecule has 0 aliphatic heterocycles. The number of aryl methyl sites for hydroxylation is 1. The lowest BCUT2D eigenvalue weighted by atomic mass is 10.2. The molecule has 1 aromatic heterocycles. The second-order valence-electron chi connectivity index (χ2n) is 7.51. The Morgan fingerprint density at radius 2 is 2.03 bits per heavy atom. The molecule has 0 spiro atoms. The number of aliphatic imine (C=N–C) groups is 1. The van der Waals surface area contributed by atoms with Crippen molar-refractivity contribution in [2.24, 2.45) is 10.9 Å². The third-order valence-electron chi connectivity index (χ3n) is 4.44. The van der Waals surface area contributed by atoms with Crippen molar-refractivity contribution in [3.05, 3.63) is 18.5 Å². The summed E-state index contributed by atoms with van der Waals surface area (Å²) in [5.41, 5.74) is 0. The van der Waals surface area contributed by atoms with Crippen LogP contribution >= 0.6 is 35.7 Å². The molecule has 6 nitrogen and oxygen atoms in total. The van der Waals surface area contributed by atoms with Crippen molar-refractivity contribution in [3.8, 4) is 0 Å². The molecule has 1 aromatic rings. The molecule has 1 heterocycles. The van der Waals surface area contributed by atoms with Crippen LogP contribution in [-0.2, 0) is 13.0 Å². The van der Waals surface area contributed by atoms with Crippen LogP contribution in [0.5, 0.6) is 0 Å². The van der Waals surface area contributed by atoms with Crippen molar-refractivity contribution in [2.75, 3.05) is 32.9 Å². The normalized spacial score (nSPS) is 11.4. The third kappa shape index (κ3) is 11.3. The molecular weight excluding hydrogens is 495 g/mol. The molecule has 0 fully saturated rings. The molecule has 1 rings (SSSR count). The van der Waals surface area contributed by atoms with E-state index in [-0.39, 0.29) is 24.0 Å². The quantitative estimate of drug-likeness (QED) is 0.0920. The lowest BCUT2D eigenvalue weighted by Gasteiger charge is -2.22. The summed E-state index contributed by atoms with van der Waals surface area (Å²) in [6, 6.07) is 0. The molecule has 0 radical (unpaired) electrons. The number of guanidine groups is 1. The van der Waals surface area contributed by atoms with Gasteiger partial charge in [-0.25, -0.2) is 0 Å². The summed E-state index contributed by atoms with van der Waals surface area (Å²) < 4.78 is 2.26. The summed E-state index contributed by atoms with van der Waals surface area (Å²) in [6.45, 7) is 14.0. The number of rotatable bonds is 14. The second kappa shape index (κ2) is 17.0. The Morgan fingerprint density at radius 3 is 2.66 bits per heavy atom. The van der Waals surface area contributed by atoms with E-state index in [2.05, 4.69) is 65.6 Å². The van der Waals surface area contributed by atoms with E-state index in [1.807, 2.05) is 6.08 Å². The molecular formula is C21H41IN6S. The number of thioether (sulfide) groups is 1. The maximum atomic E-state index is 4.81. The van der Waals surface area contributed by atoms with Crippen LogP contribution in [-0.4, -0.2) is 58.6 Å². The average molecular weight is 537 g/mol. The van der Waals surface area contributed by atoms with Crippen LogP contribution in [0.15, 0.2) is 22.8 Å². The van der Waals surface area contributed by atoms with Gasteiger partial charge in [0.05, 0.1) is 0 Å². The molecule has 0 saturated carbocycles. The van der Waals surface area contributed by atoms with Gasteiger partial charge in [-0.1, -0.05) is 38.1 Å². The molecule has 1 N–H and O–H groups in total. The van der Waals surface area contributed by atoms with Crippen LogP contribution < -0.4 is 5.32 Å². The van der Waals surface area contributed by atoms with E-state index in [0.29, 0.717) is 5.92 Å². The van der Waals surface area contributed by atoms with Gasteiger partial charge < -0.3 is 14.8 Å². The molecule has 168 valence electrons. The molecule has 0 saturated heterocycles. The van der Waals surface area contributed by atoms with Crippen molar-refractivity contribution in [3.63, 3.8) is 0 Å². The van der Waals surface area contributed by atoms with Gasteiger partial charge in [-0.3, -0.25) is 4.99 Å². The summed E-state index contributed by atoms with van der Waals surface area (Å²) in [7, 11) is 2.12. The Kier molecular flexibility index (Phi) is 16.5. The van der Waals surface area contributed by atoms with E-state index in [1.165, 1.54) is 19.3 Å². The summed E-state index contributed by atoms with van der Waals surface area (Å²) in [5, 5.41) is 13.1. The summed E-state index contributed by atoms with van der Waals surface area (Å²) >= 11 is 1.66. The summed E-state index contributed by atoms with van der Waals surface area (Å²) in [6.07, 6.45) is 10.7. The highest BCUT2D eigenvalue weighted by molar-refractivity contribution is 14.0. The van der Waals surface area contributed by atoms with Crippen LogP contribution in [0.1, 0.15) is 58.7 Å². The first-order chi connectivity index (χ1) is 13.5. The van der Waals surface area contributed by atoms with Gasteiger partial charge in [0.15, 0.2) is 11.1 Å². The highest BCUT2D eigenvalue weighted by atomic mass is 127. The lowest BCUT2D eigenvalue weighted by molar-refractivity contribution is 0.454. The molecule has 0 bridgehead atoms. The Labute approximate surface area is 199 Å². The molecule has 29 heavy (non-hydrogen) atoms. The van der Waals surface area contributed by atoms with Gasteiger partial charge in [0.2, 0.25) is 0 Å². The highest BCUT2D eigenvalue weighted by Crippen LogP contribution is 2.16. The first-order valence-electron chi connectivity index (χ1n) is 10.6. The van der Waals surface area contributed by atoms with Crippen molar-refractivity contribution < 1.29 is 0 Å². The molecule has 8 heteroatoms. The van der Waals surface area contributed by atoms with Crippen molar-refractivity contribution in [1.29, 1.82) is 0 Å². The second-order valence-corrected chi connectivity index (χ2v) is 8.28. The fourth-order valence-electron chi connectivity index (χ4n) is 3.02. The fraction of sp³-hybridized carbons (Fsp3) is 0.762. The van der Waals surface area contributed by atoms with Crippen LogP contribution in [0.3, 0.4) is 0 Å². The van der Waals surface area contributed by atoms with E-state index >= 15 is 0 Å². The van der Waals surface area contributed by atoms with Gasteiger partial charge in [-0.15, -0.1) is 40.8 Å². The third-order valence-corrected chi connectivity index (χ3v) is 5.11. The van der Waals surface area contributed by atoms with E-state index in [1.54, 1.807) is 11.8 Å². The minimum absolute atomic E-state index is 0. The smallest absolute Gasteiger partial charge is 0.193 e. The molecule has 0 atom stereocenters. The van der Waals surface area contributed by atoms with E-state index in [9.17, 15) is 0 Å². The minimum Gasteiger partial charge on any atom is -0.357 e. The number of unbranched alkanes of at least 4 members (excludes halogenated alkanes) is 3. The minimum atomic E-state index is 0. The number of nitrogens with zero attached hydrogens (tertiary/aromatic N) is 5. The number of nitrogens with one attached hydrogen (secondary N) is 1. The van der Waals surface area contributed by atoms with Crippen molar-refractivity contribution in [2.45, 2.75) is 71.0 Å². The number of aromatic nitrogens is 3. The number of halogens is 1. The molecule has 0 amide bonds. The zero-order valence-electron chi connectivity index (χ0n) is 19.0. The maximum Gasteiger partial charge on any atom is 0.193 e. The van der Waals surface area contributed by atoms with Gasteiger partial charge in [0.1, 0.15) is 5.82 Å². The van der Waals surface area contributed by atoms with Crippen LogP contribution in [0.25, 0.3) is 0 Å². The van der Waals surface area contributed by atoms with Gasteiger partial charge in [-0.2, -0.15) is 0 Å². The monoisotopic (exact) mass is 536 g/mol. The summed E-state index contributed by atoms with van der Waals surface area (Å²) in [5.74, 6) is 2.66. The number of allylic oxidation sites excluding steroid dienone is 1. The zero-order chi connectivity index (χ0) is 20.8. The summed E-state index contributed by atoms with van der Waals surface area (Å²) in [4.78, 5) is 7.05. The van der Waals surface area contributed by atoms with E-state index in [4.69, 9.17) is 4.99 Å². The average Bonchev–Trinajstić information content (AvgIpc) is 3.04. The van der Waals surface area contributed by atoms with Gasteiger partial charge in [-0.05, 0) is 44.8 Å². The molecule has 0 unspecified atom stereocenters. The zero-order valence-corrected chi connectivity index (χ0v) is 22.1. The Balaban J connectivity index is 0.00000784. The van der Waals surface area contributed by atoms with Gasteiger partial charge >= 0.3 is 0 Å². The fourth-order valence-corrected chi connectivity index (χ4v) is 3.54. The largest absolute Gasteiger partial charge is 0.357 e. The molecule has 0 aromatic carbocycles. The van der Waals surface area contributed by atoms with Crippen LogP contribution in [0.4, 0.5) is 0 Å². The predicted molar refractivity (Wildman–Crippen MR) is 138 cm³/mol. The standard InChI is InChI=1S/C21H40N6S.HI/c1-7-9-10-11-12-16-26(5)20(22-8-2)23-15-13-14-19-24-25-21(28-6)27(19)17-18(3)4;/h7,18H,1,8-17H2,2-6H3,(H,22,23);1H. The highest BCUT2D eigenvalue weighted by Gasteiger charge is 2.12. The predicted octanol–water partition coefficient (Wildman–Crippen LogP) is 4.85. The SMILES string of the molecule is C=CCCCCCN(C)C(=NCCCc1nnc(SC)n1CC(C)C)NCC.I. The maximum absolute atomic E-state index is 4.81. The lowest BCUT2D eigenvalue weighted by Crippen LogP contribution is -2.39. The van der Waals surface area contributed by atoms with Crippen molar-refractivity contribution in [1.82, 2.24) is 25.0 Å². The number of hydrogen-bond donors (Lipinski definition) is 1. The Hall–Kier alpha value is -0.770. The van der Waals surface area contributed by atoms with Crippen LogP contribution in [0.2, 0.25) is 0 Å². The molecule has 0 aliphatic rings. The first-order valence-corrected chi connectivity index (χ1v) is 11.8. The van der Waals surface area contributed by atoms with Crippen LogP contribution in [0, 0.1) is 5.92 Å². The topological polar surface area (TPSA) is 58.3 Å². The van der Waals surface area contributed by atoms with E-state index in [0.717, 1.165) is 62.4 Å². The number of hydrogen-bond acceptors (Lipinski definition) is 4.